The van der Waals surface area contributed by atoms with Crippen molar-refractivity contribution in [2.75, 3.05) is 18.2 Å². The van der Waals surface area contributed by atoms with E-state index in [-0.39, 0.29) is 23.8 Å². The van der Waals surface area contributed by atoms with Crippen molar-refractivity contribution in [1.82, 2.24) is 5.32 Å². The fourth-order valence-corrected chi connectivity index (χ4v) is 5.26. The minimum Gasteiger partial charge on any atom is -0.497 e. The summed E-state index contributed by atoms with van der Waals surface area (Å²) in [4.78, 5) is 26.1. The Morgan fingerprint density at radius 3 is 2.41 bits per heavy atom. The molecule has 1 aliphatic rings. The lowest BCUT2D eigenvalue weighted by atomic mass is 9.82. The lowest BCUT2D eigenvalue weighted by Crippen LogP contribution is -2.29. The van der Waals surface area contributed by atoms with Crippen molar-refractivity contribution in [1.29, 1.82) is 5.26 Å². The Kier molecular flexibility index (Phi) is 9.31. The minimum atomic E-state index is -0.764. The SMILES string of the molecule is COc1ccc(NC(=O)CSC2=C(C#N)[C@H](c3ccccc3Cl)C(C(=O)OCc3ccccc3)=C(C)N2)cc1. The molecule has 0 aliphatic carbocycles. The minimum absolute atomic E-state index is 0.0376. The monoisotopic (exact) mass is 559 g/mol. The number of allylic oxidation sites excluding steroid dienone is 2. The van der Waals surface area contributed by atoms with Gasteiger partial charge in [0.15, 0.2) is 0 Å². The van der Waals surface area contributed by atoms with Crippen molar-refractivity contribution in [2.45, 2.75) is 19.4 Å². The second kappa shape index (κ2) is 13.1. The van der Waals surface area contributed by atoms with Crippen LogP contribution < -0.4 is 15.4 Å². The van der Waals surface area contributed by atoms with Gasteiger partial charge in [-0.25, -0.2) is 4.79 Å². The van der Waals surface area contributed by atoms with E-state index >= 15 is 0 Å². The van der Waals surface area contributed by atoms with Crippen LogP contribution in [0.3, 0.4) is 0 Å². The number of halogens is 1. The number of carbonyl (C=O) groups is 2. The number of ether oxygens (including phenoxy) is 2. The van der Waals surface area contributed by atoms with E-state index < -0.39 is 11.9 Å². The lowest BCUT2D eigenvalue weighted by molar-refractivity contribution is -0.140. The van der Waals surface area contributed by atoms with Crippen LogP contribution in [-0.2, 0) is 20.9 Å². The van der Waals surface area contributed by atoms with E-state index in [0.29, 0.717) is 38.3 Å². The van der Waals surface area contributed by atoms with Crippen LogP contribution in [0.15, 0.2) is 101 Å². The molecule has 198 valence electrons. The van der Waals surface area contributed by atoms with Crippen LogP contribution in [0.5, 0.6) is 5.75 Å². The molecule has 4 rings (SSSR count). The Balaban J connectivity index is 1.58. The largest absolute Gasteiger partial charge is 0.497 e. The first-order chi connectivity index (χ1) is 18.9. The van der Waals surface area contributed by atoms with Crippen molar-refractivity contribution in [3.05, 3.63) is 117 Å². The van der Waals surface area contributed by atoms with Crippen LogP contribution in [0.1, 0.15) is 24.0 Å². The quantitative estimate of drug-likeness (QED) is 0.303. The van der Waals surface area contributed by atoms with Gasteiger partial charge in [-0.15, -0.1) is 0 Å². The summed E-state index contributed by atoms with van der Waals surface area (Å²) >= 11 is 7.73. The smallest absolute Gasteiger partial charge is 0.337 e. The maximum atomic E-state index is 13.4. The van der Waals surface area contributed by atoms with Gasteiger partial charge in [0.05, 0.1) is 41.0 Å². The first-order valence-corrected chi connectivity index (χ1v) is 13.4. The molecule has 7 nitrogen and oxygen atoms in total. The van der Waals surface area contributed by atoms with Gasteiger partial charge < -0.3 is 20.1 Å². The third kappa shape index (κ3) is 6.82. The standard InChI is InChI=1S/C30H26ClN3O4S/c1-19-27(30(36)38-17-20-8-4-3-5-9-20)28(23-10-6-7-11-25(23)31)24(16-32)29(33-19)39-18-26(35)34-21-12-14-22(37-2)15-13-21/h3-15,28,33H,17-18H2,1-2H3,(H,34,35)/t28-/m0/s1. The number of benzene rings is 3. The van der Waals surface area contributed by atoms with Crippen molar-refractivity contribution in [3.63, 3.8) is 0 Å². The average molecular weight is 560 g/mol. The summed E-state index contributed by atoms with van der Waals surface area (Å²) in [6, 6.07) is 25.7. The fourth-order valence-electron chi connectivity index (χ4n) is 4.13. The second-order valence-electron chi connectivity index (χ2n) is 8.60. The highest BCUT2D eigenvalue weighted by Crippen LogP contribution is 2.43. The van der Waals surface area contributed by atoms with Crippen LogP contribution in [0, 0.1) is 11.3 Å². The van der Waals surface area contributed by atoms with E-state index in [4.69, 9.17) is 21.1 Å². The molecule has 0 spiro atoms. The molecule has 1 atom stereocenters. The van der Waals surface area contributed by atoms with E-state index in [2.05, 4.69) is 16.7 Å². The zero-order chi connectivity index (χ0) is 27.8. The number of rotatable bonds is 9. The summed E-state index contributed by atoms with van der Waals surface area (Å²) in [5, 5.41) is 17.1. The molecule has 9 heteroatoms. The Bertz CT molecular complexity index is 1460. The number of amides is 1. The summed E-state index contributed by atoms with van der Waals surface area (Å²) in [6.07, 6.45) is 0. The molecule has 0 saturated carbocycles. The Hall–Kier alpha value is -4.19. The van der Waals surface area contributed by atoms with Crippen LogP contribution in [-0.4, -0.2) is 24.7 Å². The van der Waals surface area contributed by atoms with Gasteiger partial charge in [0.2, 0.25) is 5.91 Å². The third-order valence-electron chi connectivity index (χ3n) is 6.02. The lowest BCUT2D eigenvalue weighted by Gasteiger charge is -2.29. The van der Waals surface area contributed by atoms with E-state index in [1.54, 1.807) is 62.6 Å². The van der Waals surface area contributed by atoms with Crippen molar-refractivity contribution < 1.29 is 19.1 Å². The summed E-state index contributed by atoms with van der Waals surface area (Å²) in [5.74, 6) is -0.844. The zero-order valence-corrected chi connectivity index (χ0v) is 22.9. The average Bonchev–Trinajstić information content (AvgIpc) is 2.95. The van der Waals surface area contributed by atoms with Gasteiger partial charge in [-0.3, -0.25) is 4.79 Å². The molecule has 1 heterocycles. The van der Waals surface area contributed by atoms with E-state index in [1.165, 1.54) is 11.8 Å². The molecule has 39 heavy (non-hydrogen) atoms. The topological polar surface area (TPSA) is 100 Å². The molecule has 1 amide bonds. The number of esters is 1. The van der Waals surface area contributed by atoms with Crippen molar-refractivity contribution in [2.24, 2.45) is 0 Å². The molecule has 2 N–H and O–H groups in total. The number of nitrogens with one attached hydrogen (secondary N) is 2. The van der Waals surface area contributed by atoms with Gasteiger partial charge in [-0.1, -0.05) is 71.9 Å². The summed E-state index contributed by atoms with van der Waals surface area (Å²) in [5.41, 5.74) is 3.17. The normalized spacial score (nSPS) is 14.8. The molecule has 1 aliphatic heterocycles. The van der Waals surface area contributed by atoms with E-state index in [9.17, 15) is 14.9 Å². The molecule has 3 aromatic carbocycles. The fraction of sp³-hybridized carbons (Fsp3) is 0.167. The molecular weight excluding hydrogens is 534 g/mol. The third-order valence-corrected chi connectivity index (χ3v) is 7.38. The molecule has 0 saturated heterocycles. The van der Waals surface area contributed by atoms with Crippen LogP contribution >= 0.6 is 23.4 Å². The molecule has 3 aromatic rings. The molecule has 0 bridgehead atoms. The number of nitriles is 1. The van der Waals surface area contributed by atoms with E-state index in [0.717, 1.165) is 5.56 Å². The van der Waals surface area contributed by atoms with Gasteiger partial charge in [0.25, 0.3) is 0 Å². The van der Waals surface area contributed by atoms with E-state index in [1.807, 2.05) is 30.3 Å². The number of nitrogens with zero attached hydrogens (tertiary/aromatic N) is 1. The van der Waals surface area contributed by atoms with Gasteiger partial charge in [-0.2, -0.15) is 5.26 Å². The Morgan fingerprint density at radius 1 is 1.05 bits per heavy atom. The maximum Gasteiger partial charge on any atom is 0.337 e. The Morgan fingerprint density at radius 2 is 1.74 bits per heavy atom. The van der Waals surface area contributed by atoms with Gasteiger partial charge >= 0.3 is 5.97 Å². The second-order valence-corrected chi connectivity index (χ2v) is 9.99. The number of dihydropyridines is 1. The van der Waals surface area contributed by atoms with Crippen LogP contribution in [0.4, 0.5) is 5.69 Å². The first-order valence-electron chi connectivity index (χ1n) is 12.1. The molecule has 0 fully saturated rings. The predicted octanol–water partition coefficient (Wildman–Crippen LogP) is 6.16. The summed E-state index contributed by atoms with van der Waals surface area (Å²) in [6.45, 7) is 1.83. The van der Waals surface area contributed by atoms with Gasteiger partial charge in [0.1, 0.15) is 12.4 Å². The summed E-state index contributed by atoms with van der Waals surface area (Å²) in [7, 11) is 1.57. The molecular formula is C30H26ClN3O4S. The highest BCUT2D eigenvalue weighted by atomic mass is 35.5. The predicted molar refractivity (Wildman–Crippen MR) is 153 cm³/mol. The van der Waals surface area contributed by atoms with Gasteiger partial charge in [0, 0.05) is 16.4 Å². The number of carbonyl (C=O) groups excluding carboxylic acids is 2. The number of hydrogen-bond donors (Lipinski definition) is 2. The molecule has 0 unspecified atom stereocenters. The number of thioether (sulfide) groups is 1. The molecule has 0 radical (unpaired) electrons. The highest BCUT2D eigenvalue weighted by molar-refractivity contribution is 8.03. The highest BCUT2D eigenvalue weighted by Gasteiger charge is 2.36. The first kappa shape index (κ1) is 27.8. The molecule has 0 aromatic heterocycles. The van der Waals surface area contributed by atoms with Crippen molar-refractivity contribution in [3.8, 4) is 11.8 Å². The number of methoxy groups -OCH3 is 1. The van der Waals surface area contributed by atoms with Crippen LogP contribution in [0.25, 0.3) is 0 Å². The van der Waals surface area contributed by atoms with Gasteiger partial charge in [-0.05, 0) is 48.4 Å². The number of hydrogen-bond acceptors (Lipinski definition) is 7. The number of anilines is 1. The van der Waals surface area contributed by atoms with Crippen LogP contribution in [0.2, 0.25) is 5.02 Å². The Labute approximate surface area is 236 Å². The zero-order valence-electron chi connectivity index (χ0n) is 21.4. The summed E-state index contributed by atoms with van der Waals surface area (Å²) < 4.78 is 10.8. The maximum absolute atomic E-state index is 13.4. The van der Waals surface area contributed by atoms with Crippen molar-refractivity contribution >= 4 is 40.9 Å².